The highest BCUT2D eigenvalue weighted by molar-refractivity contribution is 5.89. The summed E-state index contributed by atoms with van der Waals surface area (Å²) < 4.78 is 7.06. The molecule has 0 aliphatic carbocycles. The van der Waals surface area contributed by atoms with Crippen molar-refractivity contribution in [3.8, 4) is 11.4 Å². The maximum Gasteiger partial charge on any atom is 0.316 e. The molecule has 3 aromatic heterocycles. The van der Waals surface area contributed by atoms with Gasteiger partial charge in [0, 0.05) is 43.4 Å². The van der Waals surface area contributed by atoms with Crippen LogP contribution in [0.25, 0.3) is 11.4 Å². The SMILES string of the molecule is O=C(NCc1cccnc1)c1nc(-c2ccc(Cn3ccnc3)cc2)no1. The van der Waals surface area contributed by atoms with Gasteiger partial charge in [-0.15, -0.1) is 0 Å². The third-order valence-corrected chi connectivity index (χ3v) is 3.93. The standard InChI is InChI=1S/C19H16N6O2/c26-18(22-11-15-2-1-7-20-10-15)19-23-17(24-27-19)16-5-3-14(4-6-16)12-25-9-8-21-13-25/h1-10,13H,11-12H2,(H,22,26). The minimum atomic E-state index is -0.422. The molecule has 0 bridgehead atoms. The van der Waals surface area contributed by atoms with Crippen LogP contribution in [0.4, 0.5) is 0 Å². The number of imidazole rings is 1. The molecule has 4 rings (SSSR count). The summed E-state index contributed by atoms with van der Waals surface area (Å²) in [6.45, 7) is 1.07. The molecule has 8 heteroatoms. The molecule has 1 aromatic carbocycles. The Bertz CT molecular complexity index is 1010. The van der Waals surface area contributed by atoms with Crippen LogP contribution in [-0.2, 0) is 13.1 Å². The third kappa shape index (κ3) is 4.06. The van der Waals surface area contributed by atoms with E-state index in [2.05, 4.69) is 25.4 Å². The molecule has 0 fully saturated rings. The van der Waals surface area contributed by atoms with Crippen molar-refractivity contribution in [1.29, 1.82) is 0 Å². The van der Waals surface area contributed by atoms with Crippen molar-refractivity contribution in [1.82, 2.24) is 30.0 Å². The topological polar surface area (TPSA) is 98.7 Å². The molecule has 0 saturated carbocycles. The second-order valence-corrected chi connectivity index (χ2v) is 5.90. The van der Waals surface area contributed by atoms with E-state index in [-0.39, 0.29) is 5.89 Å². The molecule has 0 radical (unpaired) electrons. The average Bonchev–Trinajstić information content (AvgIpc) is 3.40. The summed E-state index contributed by atoms with van der Waals surface area (Å²) >= 11 is 0. The van der Waals surface area contributed by atoms with E-state index in [0.717, 1.165) is 23.2 Å². The van der Waals surface area contributed by atoms with Gasteiger partial charge in [-0.3, -0.25) is 9.78 Å². The zero-order valence-electron chi connectivity index (χ0n) is 14.3. The molecule has 8 nitrogen and oxygen atoms in total. The number of carbonyl (C=O) groups excluding carboxylic acids is 1. The fourth-order valence-electron chi connectivity index (χ4n) is 2.54. The van der Waals surface area contributed by atoms with Crippen molar-refractivity contribution in [3.63, 3.8) is 0 Å². The van der Waals surface area contributed by atoms with Gasteiger partial charge in [-0.1, -0.05) is 35.5 Å². The lowest BCUT2D eigenvalue weighted by Crippen LogP contribution is -2.23. The van der Waals surface area contributed by atoms with E-state index in [1.54, 1.807) is 24.9 Å². The molecule has 0 aliphatic rings. The van der Waals surface area contributed by atoms with Gasteiger partial charge in [-0.2, -0.15) is 4.98 Å². The molecule has 4 aromatic rings. The van der Waals surface area contributed by atoms with Crippen LogP contribution in [0.5, 0.6) is 0 Å². The van der Waals surface area contributed by atoms with Crippen LogP contribution in [0.15, 0.2) is 72.0 Å². The highest BCUT2D eigenvalue weighted by atomic mass is 16.5. The van der Waals surface area contributed by atoms with Gasteiger partial charge < -0.3 is 14.4 Å². The molecule has 27 heavy (non-hydrogen) atoms. The minimum absolute atomic E-state index is 0.0728. The molecular weight excluding hydrogens is 344 g/mol. The average molecular weight is 360 g/mol. The number of nitrogens with zero attached hydrogens (tertiary/aromatic N) is 5. The first-order valence-electron chi connectivity index (χ1n) is 8.34. The highest BCUT2D eigenvalue weighted by Gasteiger charge is 2.16. The predicted octanol–water partition coefficient (Wildman–Crippen LogP) is 2.31. The predicted molar refractivity (Wildman–Crippen MR) is 96.5 cm³/mol. The van der Waals surface area contributed by atoms with Crippen molar-refractivity contribution in [2.45, 2.75) is 13.1 Å². The summed E-state index contributed by atoms with van der Waals surface area (Å²) in [5.41, 5.74) is 2.79. The van der Waals surface area contributed by atoms with Crippen molar-refractivity contribution >= 4 is 5.91 Å². The Balaban J connectivity index is 1.40. The zero-order valence-corrected chi connectivity index (χ0v) is 14.3. The lowest BCUT2D eigenvalue weighted by Gasteiger charge is -2.03. The number of hydrogen-bond donors (Lipinski definition) is 1. The van der Waals surface area contributed by atoms with E-state index in [4.69, 9.17) is 4.52 Å². The molecule has 0 spiro atoms. The number of benzene rings is 1. The molecule has 1 amide bonds. The summed E-state index contributed by atoms with van der Waals surface area (Å²) in [7, 11) is 0. The number of rotatable bonds is 6. The van der Waals surface area contributed by atoms with E-state index in [0.29, 0.717) is 12.4 Å². The Morgan fingerprint density at radius 3 is 2.70 bits per heavy atom. The van der Waals surface area contributed by atoms with Gasteiger partial charge in [-0.25, -0.2) is 4.98 Å². The molecule has 0 atom stereocenters. The molecule has 0 aliphatic heterocycles. The summed E-state index contributed by atoms with van der Waals surface area (Å²) in [6, 6.07) is 11.4. The summed E-state index contributed by atoms with van der Waals surface area (Å²) in [5, 5.41) is 6.62. The van der Waals surface area contributed by atoms with Crippen LogP contribution in [0.3, 0.4) is 0 Å². The van der Waals surface area contributed by atoms with Gasteiger partial charge in [0.2, 0.25) is 5.82 Å². The Hall–Kier alpha value is -3.81. The van der Waals surface area contributed by atoms with Gasteiger partial charge in [-0.05, 0) is 17.2 Å². The number of aromatic nitrogens is 5. The first-order chi connectivity index (χ1) is 13.3. The van der Waals surface area contributed by atoms with Crippen molar-refractivity contribution in [2.75, 3.05) is 0 Å². The second kappa shape index (κ2) is 7.61. The first kappa shape index (κ1) is 16.6. The van der Waals surface area contributed by atoms with E-state index in [1.165, 1.54) is 0 Å². The highest BCUT2D eigenvalue weighted by Crippen LogP contribution is 2.17. The molecule has 134 valence electrons. The van der Waals surface area contributed by atoms with Crippen LogP contribution in [0, 0.1) is 0 Å². The lowest BCUT2D eigenvalue weighted by molar-refractivity contribution is 0.0907. The molecule has 0 unspecified atom stereocenters. The quantitative estimate of drug-likeness (QED) is 0.566. The summed E-state index contributed by atoms with van der Waals surface area (Å²) in [6.07, 6.45) is 8.78. The molecular formula is C19H16N6O2. The van der Waals surface area contributed by atoms with Crippen LogP contribution in [0.1, 0.15) is 21.8 Å². The fourth-order valence-corrected chi connectivity index (χ4v) is 2.54. The van der Waals surface area contributed by atoms with Gasteiger partial charge in [0.15, 0.2) is 0 Å². The number of pyridine rings is 1. The van der Waals surface area contributed by atoms with Gasteiger partial charge in [0.1, 0.15) is 0 Å². The van der Waals surface area contributed by atoms with E-state index in [9.17, 15) is 4.79 Å². The fraction of sp³-hybridized carbons (Fsp3) is 0.105. The summed E-state index contributed by atoms with van der Waals surface area (Å²) in [5.74, 6) is -0.124. The van der Waals surface area contributed by atoms with Gasteiger partial charge in [0.25, 0.3) is 0 Å². The largest absolute Gasteiger partial charge is 0.344 e. The van der Waals surface area contributed by atoms with Gasteiger partial charge >= 0.3 is 11.8 Å². The molecule has 0 saturated heterocycles. The monoisotopic (exact) mass is 360 g/mol. The molecule has 1 N–H and O–H groups in total. The number of carbonyl (C=O) groups is 1. The number of nitrogens with one attached hydrogen (secondary N) is 1. The maximum atomic E-state index is 12.2. The maximum absolute atomic E-state index is 12.2. The Morgan fingerprint density at radius 2 is 1.96 bits per heavy atom. The third-order valence-electron chi connectivity index (χ3n) is 3.93. The zero-order chi connectivity index (χ0) is 18.5. The van der Waals surface area contributed by atoms with E-state index >= 15 is 0 Å². The Labute approximate surface area is 154 Å². The van der Waals surface area contributed by atoms with E-state index < -0.39 is 5.91 Å². The molecule has 3 heterocycles. The normalized spacial score (nSPS) is 10.7. The van der Waals surface area contributed by atoms with Crippen LogP contribution in [0.2, 0.25) is 0 Å². The van der Waals surface area contributed by atoms with Crippen LogP contribution < -0.4 is 5.32 Å². The lowest BCUT2D eigenvalue weighted by atomic mass is 10.1. The smallest absolute Gasteiger partial charge is 0.316 e. The minimum Gasteiger partial charge on any atom is -0.344 e. The van der Waals surface area contributed by atoms with Crippen LogP contribution in [-0.4, -0.2) is 30.6 Å². The van der Waals surface area contributed by atoms with Crippen molar-refractivity contribution in [2.24, 2.45) is 0 Å². The van der Waals surface area contributed by atoms with Crippen molar-refractivity contribution in [3.05, 3.63) is 84.5 Å². The Kier molecular flexibility index (Phi) is 4.69. The summed E-state index contributed by atoms with van der Waals surface area (Å²) in [4.78, 5) is 24.4. The second-order valence-electron chi connectivity index (χ2n) is 5.90. The van der Waals surface area contributed by atoms with Crippen LogP contribution >= 0.6 is 0 Å². The van der Waals surface area contributed by atoms with Gasteiger partial charge in [0.05, 0.1) is 6.33 Å². The Morgan fingerprint density at radius 1 is 1.07 bits per heavy atom. The van der Waals surface area contributed by atoms with E-state index in [1.807, 2.05) is 47.2 Å². The first-order valence-corrected chi connectivity index (χ1v) is 8.34. The van der Waals surface area contributed by atoms with Crippen molar-refractivity contribution < 1.29 is 9.32 Å². The number of hydrogen-bond acceptors (Lipinski definition) is 6. The number of amides is 1.